The molecule has 1 aromatic rings. The molecule has 0 aliphatic rings. The van der Waals surface area contributed by atoms with Gasteiger partial charge in [-0.25, -0.2) is 9.97 Å². The number of nitrogens with two attached hydrogens (primary N) is 1. The van der Waals surface area contributed by atoms with Gasteiger partial charge in [0.1, 0.15) is 11.2 Å². The van der Waals surface area contributed by atoms with Crippen molar-refractivity contribution in [1.29, 1.82) is 0 Å². The highest BCUT2D eigenvalue weighted by Gasteiger charge is 2.23. The van der Waals surface area contributed by atoms with Crippen LogP contribution in [0.25, 0.3) is 0 Å². The van der Waals surface area contributed by atoms with Crippen LogP contribution in [0.2, 0.25) is 0 Å². The van der Waals surface area contributed by atoms with Crippen molar-refractivity contribution >= 4 is 11.7 Å². The topological polar surface area (TPSA) is 87.3 Å². The minimum atomic E-state index is -0.674. The van der Waals surface area contributed by atoms with Gasteiger partial charge in [-0.2, -0.15) is 0 Å². The second kappa shape index (κ2) is 8.60. The summed E-state index contributed by atoms with van der Waals surface area (Å²) in [4.78, 5) is 18.9. The third-order valence-electron chi connectivity index (χ3n) is 3.22. The van der Waals surface area contributed by atoms with E-state index < -0.39 is 11.2 Å². The summed E-state index contributed by atoms with van der Waals surface area (Å²) in [7, 11) is 3.17. The van der Waals surface area contributed by atoms with Gasteiger partial charge in [-0.1, -0.05) is 6.08 Å². The van der Waals surface area contributed by atoms with E-state index in [4.69, 9.17) is 15.2 Å². The van der Waals surface area contributed by atoms with Crippen molar-refractivity contribution in [3.8, 4) is 0 Å². The molecule has 1 aromatic heterocycles. The van der Waals surface area contributed by atoms with Crippen LogP contribution in [0.1, 0.15) is 40.3 Å². The van der Waals surface area contributed by atoms with Gasteiger partial charge in [-0.05, 0) is 46.8 Å². The molecule has 1 heterocycles. The Morgan fingerprint density at radius 2 is 1.82 bits per heavy atom. The molecule has 0 bridgehead atoms. The van der Waals surface area contributed by atoms with Gasteiger partial charge in [-0.3, -0.25) is 4.79 Å². The molecule has 0 saturated heterocycles. The van der Waals surface area contributed by atoms with Gasteiger partial charge in [0.2, 0.25) is 5.95 Å². The Balaban J connectivity index is 0.000000409. The highest BCUT2D eigenvalue weighted by atomic mass is 16.5. The number of nitrogen functional groups attached to an aromatic ring is 1. The van der Waals surface area contributed by atoms with Crippen molar-refractivity contribution in [2.75, 3.05) is 20.0 Å². The van der Waals surface area contributed by atoms with Gasteiger partial charge in [0.15, 0.2) is 5.78 Å². The Morgan fingerprint density at radius 3 is 2.23 bits per heavy atom. The molecular weight excluding hydrogens is 282 g/mol. The molecule has 6 nitrogen and oxygen atoms in total. The van der Waals surface area contributed by atoms with E-state index in [2.05, 4.69) is 9.97 Å². The van der Waals surface area contributed by atoms with Crippen molar-refractivity contribution in [2.45, 2.75) is 45.8 Å². The van der Waals surface area contributed by atoms with E-state index in [9.17, 15) is 4.79 Å². The number of aromatic nitrogens is 2. The fourth-order valence-corrected chi connectivity index (χ4v) is 1.27. The van der Waals surface area contributed by atoms with Crippen molar-refractivity contribution in [2.24, 2.45) is 0 Å². The van der Waals surface area contributed by atoms with Crippen LogP contribution in [0.4, 0.5) is 5.95 Å². The number of nitrogens with zero attached hydrogens (tertiary/aromatic N) is 2. The molecule has 0 unspecified atom stereocenters. The van der Waals surface area contributed by atoms with Crippen LogP contribution in [0.15, 0.2) is 24.4 Å². The number of allylic oxidation sites excluding steroid dienone is 1. The van der Waals surface area contributed by atoms with Crippen molar-refractivity contribution < 1.29 is 14.3 Å². The molecule has 0 aromatic carbocycles. The maximum Gasteiger partial charge on any atom is 0.220 e. The molecule has 0 saturated carbocycles. The Hall–Kier alpha value is -1.79. The van der Waals surface area contributed by atoms with Crippen molar-refractivity contribution in [1.82, 2.24) is 9.97 Å². The summed E-state index contributed by atoms with van der Waals surface area (Å²) < 4.78 is 10.2. The quantitative estimate of drug-likeness (QED) is 0.841. The number of anilines is 1. The van der Waals surface area contributed by atoms with E-state index in [0.717, 1.165) is 5.69 Å². The lowest BCUT2D eigenvalue weighted by atomic mass is 10.0. The molecule has 0 aliphatic heterocycles. The van der Waals surface area contributed by atoms with E-state index in [-0.39, 0.29) is 11.7 Å². The third kappa shape index (κ3) is 6.32. The normalized spacial score (nSPS) is 12.0. The summed E-state index contributed by atoms with van der Waals surface area (Å²) in [6.07, 6.45) is 4.85. The zero-order chi connectivity index (χ0) is 17.4. The Bertz CT molecular complexity index is 511. The predicted octanol–water partition coefficient (Wildman–Crippen LogP) is 2.50. The number of ketones is 1. The molecule has 124 valence electrons. The first kappa shape index (κ1) is 20.2. The first-order chi connectivity index (χ1) is 10.1. The summed E-state index contributed by atoms with van der Waals surface area (Å²) in [6.45, 7) is 9.15. The number of methoxy groups -OCH3 is 2. The summed E-state index contributed by atoms with van der Waals surface area (Å²) in [5.41, 5.74) is 5.14. The van der Waals surface area contributed by atoms with E-state index in [0.29, 0.717) is 0 Å². The smallest absolute Gasteiger partial charge is 0.220 e. The van der Waals surface area contributed by atoms with Gasteiger partial charge in [-0.15, -0.1) is 0 Å². The highest BCUT2D eigenvalue weighted by Crippen LogP contribution is 2.21. The van der Waals surface area contributed by atoms with Gasteiger partial charge in [0, 0.05) is 20.4 Å². The molecular formula is C16H27N3O3. The van der Waals surface area contributed by atoms with Crippen LogP contribution in [0.5, 0.6) is 0 Å². The van der Waals surface area contributed by atoms with Gasteiger partial charge < -0.3 is 15.2 Å². The summed E-state index contributed by atoms with van der Waals surface area (Å²) in [6, 6.07) is 1.79. The fraction of sp³-hybridized carbons (Fsp3) is 0.562. The minimum Gasteiger partial charge on any atom is -0.373 e. The zero-order valence-corrected chi connectivity index (χ0v) is 14.5. The molecule has 0 spiro atoms. The van der Waals surface area contributed by atoms with Gasteiger partial charge in [0.05, 0.1) is 5.69 Å². The van der Waals surface area contributed by atoms with E-state index >= 15 is 0 Å². The van der Waals surface area contributed by atoms with Gasteiger partial charge >= 0.3 is 0 Å². The van der Waals surface area contributed by atoms with Crippen LogP contribution in [0, 0.1) is 0 Å². The molecule has 0 amide bonds. The van der Waals surface area contributed by atoms with Crippen LogP contribution >= 0.6 is 0 Å². The number of hydrogen-bond donors (Lipinski definition) is 1. The lowest BCUT2D eigenvalue weighted by Gasteiger charge is -2.21. The van der Waals surface area contributed by atoms with E-state index in [1.54, 1.807) is 39.3 Å². The molecule has 0 aliphatic carbocycles. The van der Waals surface area contributed by atoms with Crippen LogP contribution in [-0.4, -0.2) is 35.6 Å². The van der Waals surface area contributed by atoms with Gasteiger partial charge in [0.25, 0.3) is 0 Å². The molecule has 1 rings (SSSR count). The summed E-state index contributed by atoms with van der Waals surface area (Å²) >= 11 is 0. The third-order valence-corrected chi connectivity index (χ3v) is 3.22. The number of carbonyl (C=O) groups is 1. The minimum absolute atomic E-state index is 0.00231. The first-order valence-electron chi connectivity index (χ1n) is 6.97. The lowest BCUT2D eigenvalue weighted by molar-refractivity contribution is -0.131. The van der Waals surface area contributed by atoms with Crippen LogP contribution < -0.4 is 5.73 Å². The highest BCUT2D eigenvalue weighted by molar-refractivity contribution is 5.96. The second-order valence-electron chi connectivity index (χ2n) is 5.59. The predicted molar refractivity (Wildman–Crippen MR) is 87.4 cm³/mol. The largest absolute Gasteiger partial charge is 0.373 e. The Morgan fingerprint density at radius 1 is 1.23 bits per heavy atom. The van der Waals surface area contributed by atoms with Crippen molar-refractivity contribution in [3.63, 3.8) is 0 Å². The van der Waals surface area contributed by atoms with Crippen LogP contribution in [-0.2, 0) is 19.9 Å². The average Bonchev–Trinajstić information content (AvgIpc) is 2.48. The number of carbonyl (C=O) groups excluding carboxylic acids is 1. The standard InChI is InChI=1S/C8H13N3O.C8H14O2/c1-8(2,12-3)6-4-5-10-7(9)11-6;1-5-6-7(9)8(2,3)10-4/h4-5H,1-3H3,(H2,9,10,11);5-6H,1-4H3/b;6-5+. The fourth-order valence-electron chi connectivity index (χ4n) is 1.27. The Labute approximate surface area is 132 Å². The number of hydrogen-bond acceptors (Lipinski definition) is 6. The number of rotatable bonds is 5. The Kier molecular flexibility index (Phi) is 7.90. The number of ether oxygens (including phenoxy) is 2. The second-order valence-corrected chi connectivity index (χ2v) is 5.59. The lowest BCUT2D eigenvalue weighted by Crippen LogP contribution is -2.32. The molecule has 0 radical (unpaired) electrons. The monoisotopic (exact) mass is 309 g/mol. The van der Waals surface area contributed by atoms with Crippen LogP contribution in [0.3, 0.4) is 0 Å². The van der Waals surface area contributed by atoms with E-state index in [1.807, 2.05) is 20.8 Å². The molecule has 0 atom stereocenters. The maximum absolute atomic E-state index is 11.1. The first-order valence-corrected chi connectivity index (χ1v) is 6.97. The molecule has 2 N–H and O–H groups in total. The molecule has 22 heavy (non-hydrogen) atoms. The SMILES string of the molecule is C/C=C/C(=O)C(C)(C)OC.COC(C)(C)c1ccnc(N)n1. The van der Waals surface area contributed by atoms with Crippen molar-refractivity contribution in [3.05, 3.63) is 30.1 Å². The molecule has 0 fully saturated rings. The summed E-state index contributed by atoms with van der Waals surface area (Å²) in [5, 5.41) is 0. The average molecular weight is 309 g/mol. The molecule has 6 heteroatoms. The zero-order valence-electron chi connectivity index (χ0n) is 14.5. The van der Waals surface area contributed by atoms with E-state index in [1.165, 1.54) is 13.2 Å². The summed E-state index contributed by atoms with van der Waals surface area (Å²) in [5.74, 6) is 0.273. The maximum atomic E-state index is 11.1.